The van der Waals surface area contributed by atoms with E-state index in [1.807, 2.05) is 66.7 Å². The first kappa shape index (κ1) is 27.5. The molecule has 4 heterocycles. The highest BCUT2D eigenvalue weighted by molar-refractivity contribution is 6.30. The van der Waals surface area contributed by atoms with Crippen LogP contribution in [-0.2, 0) is 9.47 Å². The second kappa shape index (κ2) is 12.4. The van der Waals surface area contributed by atoms with Crippen LogP contribution in [0.3, 0.4) is 0 Å². The highest BCUT2D eigenvalue weighted by Gasteiger charge is 2.15. The number of hydrogen-bond donors (Lipinski definition) is 0. The minimum Gasteiger partial charge on any atom is -0.461 e. The van der Waals surface area contributed by atoms with Crippen LogP contribution in [0.15, 0.2) is 91.1 Å². The normalized spacial score (nSPS) is 10.7. The molecule has 0 bridgehead atoms. The third kappa shape index (κ3) is 6.23. The summed E-state index contributed by atoms with van der Waals surface area (Å²) in [5.74, 6) is -0.915. The summed E-state index contributed by atoms with van der Waals surface area (Å²) in [6.45, 7) is 4.13. The Morgan fingerprint density at radius 2 is 1.27 bits per heavy atom. The van der Waals surface area contributed by atoms with Crippen molar-refractivity contribution >= 4 is 34.8 Å². The Balaban J connectivity index is 0.000000189. The Labute approximate surface area is 241 Å². The highest BCUT2D eigenvalue weighted by Crippen LogP contribution is 2.22. The number of rotatable bonds is 6. The van der Waals surface area contributed by atoms with Gasteiger partial charge >= 0.3 is 11.9 Å². The Morgan fingerprint density at radius 3 is 1.88 bits per heavy atom. The number of fused-ring (bicyclic) bond motifs is 2. The van der Waals surface area contributed by atoms with E-state index in [-0.39, 0.29) is 13.7 Å². The summed E-state index contributed by atoms with van der Waals surface area (Å²) in [4.78, 5) is 31.9. The monoisotopic (exact) mass is 570 g/mol. The van der Waals surface area contributed by atoms with Crippen LogP contribution in [0.2, 0.25) is 5.15 Å². The van der Waals surface area contributed by atoms with Crippen LogP contribution in [0.1, 0.15) is 36.3 Å². The fourth-order valence-corrected chi connectivity index (χ4v) is 4.17. The molecule has 2 aromatic carbocycles. The van der Waals surface area contributed by atoms with E-state index in [1.54, 1.807) is 36.7 Å². The lowest BCUT2D eigenvalue weighted by Gasteiger charge is -2.02. The van der Waals surface area contributed by atoms with Crippen LogP contribution in [0.25, 0.3) is 33.8 Å². The number of carbonyl (C=O) groups excluding carboxylic acids is 2. The maximum Gasteiger partial charge on any atom is 0.357 e. The van der Waals surface area contributed by atoms with Gasteiger partial charge in [-0.15, -0.1) is 0 Å². The third-order valence-electron chi connectivity index (χ3n) is 5.82. The standard InChI is InChI=1S/C15H12ClN3O2.C15H13N3O2.H2/c1-2-21-15(20)12-8-13(16)19-14(17-12)9-11(18-19)10-6-4-3-5-7-10;1-2-20-15(19)12-8-9-18-14(16-12)10-13(17-18)11-6-4-3-5-7-11;/h3-9H,2H2,1H3;3-10H,2H2,1H3;1H. The molecule has 0 aliphatic heterocycles. The molecule has 10 nitrogen and oxygen atoms in total. The summed E-state index contributed by atoms with van der Waals surface area (Å²) in [6, 6.07) is 26.2. The summed E-state index contributed by atoms with van der Waals surface area (Å²) in [5, 5.41) is 9.14. The quantitative estimate of drug-likeness (QED) is 0.176. The molecule has 6 rings (SSSR count). The van der Waals surface area contributed by atoms with Gasteiger partial charge in [-0.1, -0.05) is 72.3 Å². The first-order valence-corrected chi connectivity index (χ1v) is 13.2. The average Bonchev–Trinajstić information content (AvgIpc) is 3.63. The predicted octanol–water partition coefficient (Wildman–Crippen LogP) is 6.05. The van der Waals surface area contributed by atoms with Gasteiger partial charge in [0.2, 0.25) is 0 Å². The number of halogens is 1. The van der Waals surface area contributed by atoms with Gasteiger partial charge in [-0.05, 0) is 19.9 Å². The highest BCUT2D eigenvalue weighted by atomic mass is 35.5. The minimum atomic E-state index is -0.496. The van der Waals surface area contributed by atoms with E-state index < -0.39 is 11.9 Å². The fourth-order valence-electron chi connectivity index (χ4n) is 3.95. The molecule has 0 aliphatic carbocycles. The van der Waals surface area contributed by atoms with E-state index in [1.165, 1.54) is 10.6 Å². The van der Waals surface area contributed by atoms with E-state index in [2.05, 4.69) is 20.2 Å². The van der Waals surface area contributed by atoms with Gasteiger partial charge in [-0.2, -0.15) is 10.2 Å². The van der Waals surface area contributed by atoms with E-state index in [0.717, 1.165) is 22.5 Å². The summed E-state index contributed by atoms with van der Waals surface area (Å²) in [5.41, 5.74) is 5.11. The number of ether oxygens (including phenoxy) is 2. The molecule has 0 N–H and O–H groups in total. The Hall–Kier alpha value is -5.09. The molecule has 41 heavy (non-hydrogen) atoms. The summed E-state index contributed by atoms with van der Waals surface area (Å²) < 4.78 is 13.0. The lowest BCUT2D eigenvalue weighted by molar-refractivity contribution is 0.0510. The van der Waals surface area contributed by atoms with Crippen molar-refractivity contribution in [3.63, 3.8) is 0 Å². The van der Waals surface area contributed by atoms with Crippen LogP contribution < -0.4 is 0 Å². The van der Waals surface area contributed by atoms with Crippen molar-refractivity contribution in [2.75, 3.05) is 13.2 Å². The van der Waals surface area contributed by atoms with Crippen molar-refractivity contribution in [3.8, 4) is 22.5 Å². The molecule has 4 aromatic heterocycles. The number of aromatic nitrogens is 6. The van der Waals surface area contributed by atoms with Gasteiger partial charge in [-0.3, -0.25) is 0 Å². The minimum absolute atomic E-state index is 0. The number of carbonyl (C=O) groups is 2. The lowest BCUT2D eigenvalue weighted by Crippen LogP contribution is -2.08. The molecule has 0 unspecified atom stereocenters. The zero-order chi connectivity index (χ0) is 28.8. The topological polar surface area (TPSA) is 113 Å². The fraction of sp³-hybridized carbons (Fsp3) is 0.133. The molecule has 6 aromatic rings. The van der Waals surface area contributed by atoms with E-state index >= 15 is 0 Å². The molecule has 208 valence electrons. The zero-order valence-electron chi connectivity index (χ0n) is 22.3. The SMILES string of the molecule is CCOC(=O)c1cc(Cl)n2nc(-c3ccccc3)cc2n1.CCOC(=O)c1ccn2nc(-c3ccccc3)cc2n1.[HH]. The smallest absolute Gasteiger partial charge is 0.357 e. The third-order valence-corrected chi connectivity index (χ3v) is 6.09. The second-order valence-electron chi connectivity index (χ2n) is 8.58. The lowest BCUT2D eigenvalue weighted by atomic mass is 10.2. The van der Waals surface area contributed by atoms with Gasteiger partial charge in [0.05, 0.1) is 24.6 Å². The maximum absolute atomic E-state index is 11.7. The zero-order valence-corrected chi connectivity index (χ0v) is 23.0. The number of benzene rings is 2. The van der Waals surface area contributed by atoms with E-state index in [4.69, 9.17) is 21.1 Å². The molecule has 0 saturated heterocycles. The van der Waals surface area contributed by atoms with Crippen LogP contribution in [0, 0.1) is 0 Å². The molecule has 0 fully saturated rings. The van der Waals surface area contributed by atoms with Gasteiger partial charge in [-0.25, -0.2) is 28.6 Å². The first-order chi connectivity index (χ1) is 20.0. The Morgan fingerprint density at radius 1 is 0.732 bits per heavy atom. The van der Waals surface area contributed by atoms with Crippen molar-refractivity contribution in [2.24, 2.45) is 0 Å². The first-order valence-electron chi connectivity index (χ1n) is 12.8. The molecular formula is C30H27ClN6O4. The maximum atomic E-state index is 11.7. The molecule has 0 amide bonds. The molecule has 0 saturated carbocycles. The Kier molecular flexibility index (Phi) is 8.31. The van der Waals surface area contributed by atoms with Gasteiger partial charge in [0, 0.05) is 36.9 Å². The van der Waals surface area contributed by atoms with E-state index in [0.29, 0.717) is 28.7 Å². The van der Waals surface area contributed by atoms with Crippen LogP contribution in [0.4, 0.5) is 0 Å². The van der Waals surface area contributed by atoms with Gasteiger partial charge in [0.15, 0.2) is 22.7 Å². The summed E-state index contributed by atoms with van der Waals surface area (Å²) in [6.07, 6.45) is 1.71. The molecule has 0 radical (unpaired) electrons. The van der Waals surface area contributed by atoms with E-state index in [9.17, 15) is 9.59 Å². The van der Waals surface area contributed by atoms with Crippen molar-refractivity contribution in [2.45, 2.75) is 13.8 Å². The van der Waals surface area contributed by atoms with Crippen molar-refractivity contribution < 1.29 is 20.5 Å². The van der Waals surface area contributed by atoms with Gasteiger partial charge < -0.3 is 9.47 Å². The summed E-state index contributed by atoms with van der Waals surface area (Å²) >= 11 is 6.16. The van der Waals surface area contributed by atoms with Crippen molar-refractivity contribution in [3.05, 3.63) is 108 Å². The van der Waals surface area contributed by atoms with Crippen LogP contribution in [0.5, 0.6) is 0 Å². The largest absolute Gasteiger partial charge is 0.461 e. The summed E-state index contributed by atoms with van der Waals surface area (Å²) in [7, 11) is 0. The molecular weight excluding hydrogens is 544 g/mol. The van der Waals surface area contributed by atoms with Crippen LogP contribution in [-0.4, -0.2) is 54.3 Å². The van der Waals surface area contributed by atoms with Crippen molar-refractivity contribution in [1.82, 2.24) is 29.2 Å². The van der Waals surface area contributed by atoms with Gasteiger partial charge in [0.25, 0.3) is 0 Å². The second-order valence-corrected chi connectivity index (χ2v) is 8.97. The average molecular weight is 571 g/mol. The molecule has 0 atom stereocenters. The van der Waals surface area contributed by atoms with Crippen LogP contribution >= 0.6 is 11.6 Å². The molecule has 0 aliphatic rings. The molecule has 11 heteroatoms. The molecule has 0 spiro atoms. The number of hydrogen-bond acceptors (Lipinski definition) is 8. The van der Waals surface area contributed by atoms with Gasteiger partial charge in [0.1, 0.15) is 5.15 Å². The number of esters is 2. The Bertz CT molecular complexity index is 1830. The predicted molar refractivity (Wildman–Crippen MR) is 156 cm³/mol. The van der Waals surface area contributed by atoms with Crippen molar-refractivity contribution in [1.29, 1.82) is 0 Å². The number of nitrogens with zero attached hydrogens (tertiary/aromatic N) is 6.